The summed E-state index contributed by atoms with van der Waals surface area (Å²) in [6.45, 7) is 0. The first-order chi connectivity index (χ1) is 5.25. The van der Waals surface area contributed by atoms with Crippen LogP contribution in [0.25, 0.3) is 0 Å². The highest BCUT2D eigenvalue weighted by Crippen LogP contribution is 2.00. The predicted molar refractivity (Wildman–Crippen MR) is 36.3 cm³/mol. The predicted octanol–water partition coefficient (Wildman–Crippen LogP) is -0.148. The maximum atomic E-state index is 10.6. The van der Waals surface area contributed by atoms with Crippen molar-refractivity contribution in [1.82, 2.24) is 4.98 Å². The topological polar surface area (TPSA) is 79.8 Å². The third-order valence-corrected chi connectivity index (χ3v) is 1.09. The summed E-state index contributed by atoms with van der Waals surface area (Å²) < 4.78 is 0. The van der Waals surface area contributed by atoms with Gasteiger partial charge in [0, 0.05) is 6.20 Å². The van der Waals surface area contributed by atoms with Crippen LogP contribution >= 0.6 is 0 Å². The number of rotatable bonds is 1. The molecular formula is C7H4N3O. The molecule has 1 rings (SSSR count). The number of pyridine rings is 1. The molecule has 4 heteroatoms. The molecule has 0 unspecified atom stereocenters. The Hall–Kier alpha value is -1.89. The van der Waals surface area contributed by atoms with Crippen molar-refractivity contribution in [1.29, 1.82) is 5.26 Å². The summed E-state index contributed by atoms with van der Waals surface area (Å²) in [7, 11) is 0. The summed E-state index contributed by atoms with van der Waals surface area (Å²) in [6.07, 6.45) is 1.38. The quantitative estimate of drug-likeness (QED) is 0.598. The SMILES string of the molecule is N#Cc1ncc[c]c1C(N)=O. The zero-order chi connectivity index (χ0) is 8.27. The number of primary amides is 1. The van der Waals surface area contributed by atoms with Gasteiger partial charge >= 0.3 is 0 Å². The van der Waals surface area contributed by atoms with E-state index in [2.05, 4.69) is 11.1 Å². The smallest absolute Gasteiger partial charge is 0.252 e. The van der Waals surface area contributed by atoms with Gasteiger partial charge in [-0.2, -0.15) is 5.26 Å². The minimum atomic E-state index is -0.686. The van der Waals surface area contributed by atoms with E-state index in [-0.39, 0.29) is 11.3 Å². The highest BCUT2D eigenvalue weighted by Gasteiger charge is 2.06. The first-order valence-corrected chi connectivity index (χ1v) is 2.82. The Morgan fingerprint density at radius 2 is 2.55 bits per heavy atom. The van der Waals surface area contributed by atoms with E-state index in [9.17, 15) is 4.79 Å². The van der Waals surface area contributed by atoms with Gasteiger partial charge in [-0.3, -0.25) is 4.79 Å². The lowest BCUT2D eigenvalue weighted by molar-refractivity contribution is 0.0999. The molecule has 0 spiro atoms. The third kappa shape index (κ3) is 1.33. The van der Waals surface area contributed by atoms with Crippen LogP contribution in [0.15, 0.2) is 12.3 Å². The van der Waals surface area contributed by atoms with Gasteiger partial charge < -0.3 is 5.73 Å². The summed E-state index contributed by atoms with van der Waals surface area (Å²) in [5, 5.41) is 8.43. The second-order valence-corrected chi connectivity index (χ2v) is 1.79. The van der Waals surface area contributed by atoms with E-state index < -0.39 is 5.91 Å². The fraction of sp³-hybridized carbons (Fsp3) is 0. The first kappa shape index (κ1) is 7.22. The van der Waals surface area contributed by atoms with Gasteiger partial charge in [-0.05, 0) is 12.1 Å². The maximum Gasteiger partial charge on any atom is 0.252 e. The van der Waals surface area contributed by atoms with E-state index in [1.807, 2.05) is 0 Å². The van der Waals surface area contributed by atoms with Crippen LogP contribution in [0.5, 0.6) is 0 Å². The molecule has 53 valence electrons. The van der Waals surface area contributed by atoms with Crippen molar-refractivity contribution in [2.75, 3.05) is 0 Å². The summed E-state index contributed by atoms with van der Waals surface area (Å²) in [5.74, 6) is -0.686. The van der Waals surface area contributed by atoms with E-state index in [0.29, 0.717) is 0 Å². The van der Waals surface area contributed by atoms with Crippen molar-refractivity contribution < 1.29 is 4.79 Å². The number of nitrogens with zero attached hydrogens (tertiary/aromatic N) is 2. The van der Waals surface area contributed by atoms with Crippen LogP contribution in [0.4, 0.5) is 0 Å². The average molecular weight is 146 g/mol. The minimum absolute atomic E-state index is 0.0139. The van der Waals surface area contributed by atoms with Gasteiger partial charge in [0.2, 0.25) is 0 Å². The fourth-order valence-corrected chi connectivity index (χ4v) is 0.638. The number of aromatic nitrogens is 1. The van der Waals surface area contributed by atoms with Crippen molar-refractivity contribution in [2.24, 2.45) is 5.73 Å². The summed E-state index contributed by atoms with van der Waals surface area (Å²) in [5.41, 5.74) is 4.98. The Morgan fingerprint density at radius 1 is 1.82 bits per heavy atom. The van der Waals surface area contributed by atoms with Crippen LogP contribution in [0.1, 0.15) is 16.1 Å². The van der Waals surface area contributed by atoms with Gasteiger partial charge in [0.25, 0.3) is 5.91 Å². The number of nitrogens with two attached hydrogens (primary N) is 1. The van der Waals surface area contributed by atoms with Crippen LogP contribution in [0.3, 0.4) is 0 Å². The molecule has 0 aromatic carbocycles. The Bertz CT molecular complexity index is 327. The van der Waals surface area contributed by atoms with Crippen LogP contribution in [-0.4, -0.2) is 10.9 Å². The minimum Gasteiger partial charge on any atom is -0.365 e. The summed E-state index contributed by atoms with van der Waals surface area (Å²) in [4.78, 5) is 14.2. The number of hydrogen-bond acceptors (Lipinski definition) is 3. The van der Waals surface area contributed by atoms with Crippen LogP contribution in [0.2, 0.25) is 0 Å². The van der Waals surface area contributed by atoms with E-state index in [1.54, 1.807) is 6.07 Å². The third-order valence-electron chi connectivity index (χ3n) is 1.09. The lowest BCUT2D eigenvalue weighted by atomic mass is 10.2. The van der Waals surface area contributed by atoms with Crippen LogP contribution in [-0.2, 0) is 0 Å². The second-order valence-electron chi connectivity index (χ2n) is 1.79. The van der Waals surface area contributed by atoms with E-state index in [4.69, 9.17) is 11.0 Å². The highest BCUT2D eigenvalue weighted by atomic mass is 16.1. The molecule has 1 amide bonds. The average Bonchev–Trinajstić information content (AvgIpc) is 2.04. The Balaban J connectivity index is 3.26. The van der Waals surface area contributed by atoms with E-state index in [0.717, 1.165) is 0 Å². The summed E-state index contributed by atoms with van der Waals surface area (Å²) in [6, 6.07) is 5.69. The number of amides is 1. The molecule has 0 saturated carbocycles. The van der Waals surface area contributed by atoms with Gasteiger partial charge in [0.05, 0.1) is 5.56 Å². The normalized spacial score (nSPS) is 8.64. The zero-order valence-electron chi connectivity index (χ0n) is 5.53. The Morgan fingerprint density at radius 3 is 3.00 bits per heavy atom. The lowest BCUT2D eigenvalue weighted by Gasteiger charge is -1.93. The van der Waals surface area contributed by atoms with Gasteiger partial charge in [-0.25, -0.2) is 4.98 Å². The van der Waals surface area contributed by atoms with Crippen molar-refractivity contribution >= 4 is 5.91 Å². The van der Waals surface area contributed by atoms with Crippen molar-refractivity contribution in [3.05, 3.63) is 29.6 Å². The Labute approximate surface area is 63.3 Å². The molecule has 0 bridgehead atoms. The standard InChI is InChI=1S/C7H4N3O/c8-4-6-5(7(9)11)2-1-3-10-6/h1,3H,(H2,9,11). The van der Waals surface area contributed by atoms with Crippen LogP contribution in [0, 0.1) is 17.4 Å². The molecule has 11 heavy (non-hydrogen) atoms. The van der Waals surface area contributed by atoms with E-state index in [1.165, 1.54) is 12.3 Å². The maximum absolute atomic E-state index is 10.6. The van der Waals surface area contributed by atoms with Gasteiger partial charge in [-0.1, -0.05) is 0 Å². The molecule has 0 aliphatic heterocycles. The monoisotopic (exact) mass is 146 g/mol. The van der Waals surface area contributed by atoms with Crippen molar-refractivity contribution in [3.63, 3.8) is 0 Å². The lowest BCUT2D eigenvalue weighted by Crippen LogP contribution is -2.13. The number of carbonyl (C=O) groups excluding carboxylic acids is 1. The van der Waals surface area contributed by atoms with Crippen LogP contribution < -0.4 is 5.73 Å². The molecule has 1 aromatic rings. The summed E-state index contributed by atoms with van der Waals surface area (Å²) >= 11 is 0. The molecule has 1 radical (unpaired) electrons. The number of nitriles is 1. The molecule has 0 fully saturated rings. The molecular weight excluding hydrogens is 142 g/mol. The van der Waals surface area contributed by atoms with Crippen molar-refractivity contribution in [2.45, 2.75) is 0 Å². The highest BCUT2D eigenvalue weighted by molar-refractivity contribution is 5.94. The van der Waals surface area contributed by atoms with E-state index >= 15 is 0 Å². The van der Waals surface area contributed by atoms with Gasteiger partial charge in [-0.15, -0.1) is 0 Å². The first-order valence-electron chi connectivity index (χ1n) is 2.82. The Kier molecular flexibility index (Phi) is 1.83. The molecule has 1 heterocycles. The van der Waals surface area contributed by atoms with Gasteiger partial charge in [0.1, 0.15) is 6.07 Å². The molecule has 2 N–H and O–H groups in total. The molecule has 4 nitrogen and oxygen atoms in total. The molecule has 0 atom stereocenters. The second kappa shape index (κ2) is 2.80. The number of carbonyl (C=O) groups is 1. The molecule has 0 saturated heterocycles. The zero-order valence-corrected chi connectivity index (χ0v) is 5.53. The fourth-order valence-electron chi connectivity index (χ4n) is 0.638. The van der Waals surface area contributed by atoms with Crippen molar-refractivity contribution in [3.8, 4) is 6.07 Å². The molecule has 1 aromatic heterocycles. The molecule has 0 aliphatic carbocycles. The number of hydrogen-bond donors (Lipinski definition) is 1. The molecule has 0 aliphatic rings. The largest absolute Gasteiger partial charge is 0.365 e. The van der Waals surface area contributed by atoms with Gasteiger partial charge in [0.15, 0.2) is 5.69 Å².